The van der Waals surface area contributed by atoms with E-state index in [0.29, 0.717) is 16.7 Å². The van der Waals surface area contributed by atoms with Crippen LogP contribution in [0, 0.1) is 20.2 Å². The molecule has 0 bridgehead atoms. The maximum Gasteiger partial charge on any atom is 0.420 e. The van der Waals surface area contributed by atoms with Crippen LogP contribution >= 0.6 is 27.7 Å². The van der Waals surface area contributed by atoms with E-state index in [1.165, 1.54) is 65.0 Å². The van der Waals surface area contributed by atoms with Gasteiger partial charge >= 0.3 is 18.0 Å². The van der Waals surface area contributed by atoms with Crippen LogP contribution in [0.15, 0.2) is 96.2 Å². The Bertz CT molecular complexity index is 2090. The fraction of sp³-hybridized carbons (Fsp3) is 0.182. The minimum Gasteiger partial charge on any atom is -0.456 e. The monoisotopic (exact) mass is 777 g/mol. The highest BCUT2D eigenvalue weighted by atomic mass is 79.9. The van der Waals surface area contributed by atoms with E-state index in [1.807, 2.05) is 0 Å². The first-order valence-electron chi connectivity index (χ1n) is 14.9. The van der Waals surface area contributed by atoms with E-state index in [-0.39, 0.29) is 41.8 Å². The number of imidazole rings is 1. The summed E-state index contributed by atoms with van der Waals surface area (Å²) in [4.78, 5) is 79.4. The van der Waals surface area contributed by atoms with Crippen molar-refractivity contribution in [3.63, 3.8) is 0 Å². The van der Waals surface area contributed by atoms with Crippen LogP contribution < -0.4 is 0 Å². The van der Waals surface area contributed by atoms with E-state index >= 15 is 0 Å². The molecule has 51 heavy (non-hydrogen) atoms. The van der Waals surface area contributed by atoms with E-state index < -0.39 is 49.6 Å². The van der Waals surface area contributed by atoms with E-state index in [0.717, 1.165) is 23.3 Å². The average Bonchev–Trinajstić information content (AvgIpc) is 3.76. The maximum atomic E-state index is 13.9. The van der Waals surface area contributed by atoms with Crippen molar-refractivity contribution < 1.29 is 43.2 Å². The molecule has 0 N–H and O–H groups in total. The summed E-state index contributed by atoms with van der Waals surface area (Å²) in [5.74, 6) is -2.09. The Labute approximate surface area is 300 Å². The van der Waals surface area contributed by atoms with E-state index in [1.54, 1.807) is 30.3 Å². The Balaban J connectivity index is 1.23. The lowest BCUT2D eigenvalue weighted by Gasteiger charge is -2.51. The lowest BCUT2D eigenvalue weighted by Crippen LogP contribution is -2.70. The number of β-lactam (4-membered cyclic amide) rings is 1. The van der Waals surface area contributed by atoms with Crippen LogP contribution in [0.3, 0.4) is 0 Å². The minimum absolute atomic E-state index is 0.0241. The van der Waals surface area contributed by atoms with Crippen molar-refractivity contribution in [1.29, 1.82) is 0 Å². The van der Waals surface area contributed by atoms with Crippen molar-refractivity contribution >= 4 is 63.0 Å². The maximum absolute atomic E-state index is 13.9. The number of non-ortho nitro benzene ring substituents is 2. The first kappa shape index (κ1) is 35.0. The number of nitro groups is 2. The Kier molecular flexibility index (Phi) is 9.71. The molecule has 1 aromatic heterocycles. The molecule has 18 heteroatoms. The van der Waals surface area contributed by atoms with Gasteiger partial charge in [0.15, 0.2) is 10.4 Å². The van der Waals surface area contributed by atoms with Gasteiger partial charge in [0.05, 0.1) is 9.85 Å². The molecule has 3 heterocycles. The van der Waals surface area contributed by atoms with Crippen LogP contribution in [0.2, 0.25) is 0 Å². The normalized spacial score (nSPS) is 18.2. The van der Waals surface area contributed by atoms with Crippen molar-refractivity contribution in [2.75, 3.05) is 0 Å². The second-order valence-electron chi connectivity index (χ2n) is 11.1. The highest BCUT2D eigenvalue weighted by Crippen LogP contribution is 2.58. The molecule has 260 valence electrons. The Morgan fingerprint density at radius 1 is 0.922 bits per heavy atom. The molecule has 0 saturated carbocycles. The average molecular weight is 779 g/mol. The van der Waals surface area contributed by atoms with Crippen molar-refractivity contribution in [3.8, 4) is 11.4 Å². The molecule has 0 radical (unpaired) electrons. The van der Waals surface area contributed by atoms with Gasteiger partial charge in [-0.05, 0) is 35.4 Å². The summed E-state index contributed by atoms with van der Waals surface area (Å²) >= 11 is 4.60. The number of carbonyl (C=O) groups is 4. The number of alkyl halides is 1. The van der Waals surface area contributed by atoms with Crippen molar-refractivity contribution in [1.82, 2.24) is 14.5 Å². The third-order valence-electron chi connectivity index (χ3n) is 7.83. The summed E-state index contributed by atoms with van der Waals surface area (Å²) in [5.41, 5.74) is 1.20. The predicted molar refractivity (Wildman–Crippen MR) is 182 cm³/mol. The number of hydrogen-bond donors (Lipinski definition) is 0. The Morgan fingerprint density at radius 3 is 2.04 bits per heavy atom. The molecule has 4 aromatic rings. The van der Waals surface area contributed by atoms with Crippen LogP contribution in [-0.2, 0) is 41.8 Å². The molecule has 1 amide bonds. The number of fused-ring (bicyclic) bond motifs is 1. The molecular formula is C33H24BrN5O11S. The van der Waals surface area contributed by atoms with Gasteiger partial charge in [0.2, 0.25) is 0 Å². The minimum atomic E-state index is -1.63. The number of carbonyl (C=O) groups excluding carboxylic acids is 4. The summed E-state index contributed by atoms with van der Waals surface area (Å²) in [7, 11) is 0. The van der Waals surface area contributed by atoms with Crippen LogP contribution in [-0.4, -0.2) is 57.9 Å². The fourth-order valence-electron chi connectivity index (χ4n) is 5.34. The lowest BCUT2D eigenvalue weighted by molar-refractivity contribution is -0.385. The highest BCUT2D eigenvalue weighted by molar-refractivity contribution is 9.10. The van der Waals surface area contributed by atoms with Gasteiger partial charge in [-0.25, -0.2) is 19.1 Å². The van der Waals surface area contributed by atoms with Gasteiger partial charge in [0.1, 0.15) is 35.8 Å². The number of hydrogen-bond acceptors (Lipinski definition) is 13. The van der Waals surface area contributed by atoms with Gasteiger partial charge in [-0.1, -0.05) is 46.3 Å². The number of nitro benzene ring substituents is 2. The molecule has 2 aliphatic heterocycles. The number of ether oxygens (including phenoxy) is 3. The number of esters is 2. The predicted octanol–water partition coefficient (Wildman–Crippen LogP) is 5.79. The largest absolute Gasteiger partial charge is 0.456 e. The third kappa shape index (κ3) is 6.82. The molecule has 1 unspecified atom stereocenters. The standard InChI is InChI=1S/C33H24BrN5O11S/c1-19(40)50-27(33(34)30(42)37-26(18-51-31(33)37)29(41)48-16-20-7-11-23(12-8-20)38(44)45)25-15-36(28(35-25)22-5-3-2-4-6-22)32(43)49-17-21-9-13-24(14-10-21)39(46)47/h2-15,18,27,31H,16-17H2,1H3/t27?,31-,33-/m0/s1. The number of amides is 1. The summed E-state index contributed by atoms with van der Waals surface area (Å²) in [6, 6.07) is 19.5. The first-order chi connectivity index (χ1) is 24.4. The van der Waals surface area contributed by atoms with Crippen molar-refractivity contribution in [3.05, 3.63) is 133 Å². The zero-order valence-electron chi connectivity index (χ0n) is 26.2. The van der Waals surface area contributed by atoms with Crippen LogP contribution in [0.4, 0.5) is 16.2 Å². The van der Waals surface area contributed by atoms with Gasteiger partial charge in [-0.15, -0.1) is 11.8 Å². The number of aromatic nitrogens is 2. The van der Waals surface area contributed by atoms with E-state index in [2.05, 4.69) is 20.9 Å². The fourth-order valence-corrected chi connectivity index (χ4v) is 7.60. The van der Waals surface area contributed by atoms with E-state index in [9.17, 15) is 39.4 Å². The quantitative estimate of drug-likeness (QED) is 0.0442. The van der Waals surface area contributed by atoms with Crippen LogP contribution in [0.1, 0.15) is 29.8 Å². The molecule has 16 nitrogen and oxygen atoms in total. The molecule has 1 fully saturated rings. The summed E-state index contributed by atoms with van der Waals surface area (Å²) in [6.07, 6.45) is -0.960. The van der Waals surface area contributed by atoms with Gasteiger partial charge < -0.3 is 14.2 Å². The molecule has 6 rings (SSSR count). The SMILES string of the molecule is CC(=O)OC(c1cn(C(=O)OCc2ccc([N+](=O)[O-])cc2)c(-c2ccccc2)n1)[C@]1(Br)C(=O)N2C(C(=O)OCc3ccc([N+](=O)[O-])cc3)=CS[C@H]21. The van der Waals surface area contributed by atoms with E-state index in [4.69, 9.17) is 14.2 Å². The first-order valence-corrected chi connectivity index (χ1v) is 16.6. The Morgan fingerprint density at radius 2 is 1.49 bits per heavy atom. The smallest absolute Gasteiger partial charge is 0.420 e. The van der Waals surface area contributed by atoms with Gasteiger partial charge in [0, 0.05) is 48.4 Å². The number of thioether (sulfide) groups is 1. The summed E-state index contributed by atoms with van der Waals surface area (Å²) < 4.78 is 16.0. The van der Waals surface area contributed by atoms with Crippen molar-refractivity contribution in [2.45, 2.75) is 35.9 Å². The molecule has 0 aliphatic carbocycles. The molecule has 1 saturated heterocycles. The van der Waals surface area contributed by atoms with Gasteiger partial charge in [0.25, 0.3) is 17.3 Å². The van der Waals surface area contributed by atoms with Crippen molar-refractivity contribution in [2.24, 2.45) is 0 Å². The summed E-state index contributed by atoms with van der Waals surface area (Å²) in [5, 5.41) is 22.6. The number of benzene rings is 3. The molecule has 2 aliphatic rings. The molecule has 3 aromatic carbocycles. The van der Waals surface area contributed by atoms with Crippen LogP contribution in [0.25, 0.3) is 11.4 Å². The number of nitrogens with zero attached hydrogens (tertiary/aromatic N) is 5. The van der Waals surface area contributed by atoms with Crippen LogP contribution in [0.5, 0.6) is 0 Å². The van der Waals surface area contributed by atoms with Gasteiger partial charge in [-0.3, -0.25) is 34.7 Å². The third-order valence-corrected chi connectivity index (χ3v) is 10.5. The lowest BCUT2D eigenvalue weighted by atomic mass is 9.89. The highest BCUT2D eigenvalue weighted by Gasteiger charge is 2.69. The second-order valence-corrected chi connectivity index (χ2v) is 13.4. The molecular weight excluding hydrogens is 754 g/mol. The zero-order valence-corrected chi connectivity index (χ0v) is 28.6. The van der Waals surface area contributed by atoms with Gasteiger partial charge in [-0.2, -0.15) is 0 Å². The number of halogens is 1. The zero-order chi connectivity index (χ0) is 36.4. The Hall–Kier alpha value is -5.88. The molecule has 3 atom stereocenters. The molecule has 0 spiro atoms. The number of rotatable bonds is 11. The second kappa shape index (κ2) is 14.2. The topological polar surface area (TPSA) is 203 Å². The summed E-state index contributed by atoms with van der Waals surface area (Å²) in [6.45, 7) is 0.717.